The number of nitrogens with zero attached hydrogens (tertiary/aromatic N) is 1. The van der Waals surface area contributed by atoms with Gasteiger partial charge in [0.1, 0.15) is 0 Å². The van der Waals surface area contributed by atoms with E-state index in [0.29, 0.717) is 5.02 Å². The number of hydrogen-bond donors (Lipinski definition) is 1. The molecule has 0 radical (unpaired) electrons. The average Bonchev–Trinajstić information content (AvgIpc) is 2.48. The van der Waals surface area contributed by atoms with Crippen LogP contribution in [0.1, 0.15) is 5.56 Å². The maximum atomic E-state index is 6.16. The van der Waals surface area contributed by atoms with E-state index in [9.17, 15) is 0 Å². The van der Waals surface area contributed by atoms with Gasteiger partial charge in [0.15, 0.2) is 0 Å². The molecule has 0 aliphatic rings. The molecule has 0 fully saturated rings. The zero-order valence-corrected chi connectivity index (χ0v) is 11.1. The van der Waals surface area contributed by atoms with E-state index >= 15 is 0 Å². The van der Waals surface area contributed by atoms with Crippen molar-refractivity contribution < 1.29 is 0 Å². The maximum absolute atomic E-state index is 6.16. The number of aromatic nitrogens is 1. The van der Waals surface area contributed by atoms with Crippen molar-refractivity contribution in [2.75, 3.05) is 5.32 Å². The molecule has 2 aromatic carbocycles. The molecule has 0 bridgehead atoms. The molecule has 0 unspecified atom stereocenters. The van der Waals surface area contributed by atoms with Crippen LogP contribution in [0.3, 0.4) is 0 Å². The lowest BCUT2D eigenvalue weighted by Crippen LogP contribution is -2.00. The Morgan fingerprint density at radius 1 is 0.947 bits per heavy atom. The normalized spacial score (nSPS) is 10.6. The smallest absolute Gasteiger partial charge is 0.0908 e. The van der Waals surface area contributed by atoms with Gasteiger partial charge in [0, 0.05) is 23.8 Å². The molecule has 0 atom stereocenters. The van der Waals surface area contributed by atoms with Crippen molar-refractivity contribution in [3.8, 4) is 0 Å². The summed E-state index contributed by atoms with van der Waals surface area (Å²) in [6.45, 7) is 0.784. The van der Waals surface area contributed by atoms with Crippen LogP contribution in [-0.4, -0.2) is 4.98 Å². The number of pyridine rings is 1. The van der Waals surface area contributed by atoms with Crippen molar-refractivity contribution >= 4 is 28.2 Å². The third-order valence-corrected chi connectivity index (χ3v) is 3.35. The number of nitrogens with one attached hydrogen (secondary N) is 1. The summed E-state index contributed by atoms with van der Waals surface area (Å²) in [6, 6.07) is 18.1. The van der Waals surface area contributed by atoms with Crippen molar-refractivity contribution in [2.24, 2.45) is 0 Å². The Labute approximate surface area is 117 Å². The molecule has 1 aromatic heterocycles. The van der Waals surface area contributed by atoms with E-state index in [2.05, 4.69) is 22.4 Å². The fourth-order valence-electron chi connectivity index (χ4n) is 2.09. The van der Waals surface area contributed by atoms with Gasteiger partial charge in [0.2, 0.25) is 0 Å². The molecule has 3 rings (SSSR count). The highest BCUT2D eigenvalue weighted by atomic mass is 35.5. The lowest BCUT2D eigenvalue weighted by molar-refractivity contribution is 1.15. The van der Waals surface area contributed by atoms with E-state index in [1.165, 1.54) is 5.56 Å². The second kappa shape index (κ2) is 5.29. The highest BCUT2D eigenvalue weighted by Gasteiger charge is 2.04. The molecular weight excluding hydrogens is 256 g/mol. The van der Waals surface area contributed by atoms with Crippen LogP contribution in [-0.2, 0) is 6.54 Å². The molecule has 3 heteroatoms. The lowest BCUT2D eigenvalue weighted by atomic mass is 10.1. The molecule has 1 heterocycles. The summed E-state index contributed by atoms with van der Waals surface area (Å²) in [5.74, 6) is 0. The second-order valence-corrected chi connectivity index (χ2v) is 4.74. The van der Waals surface area contributed by atoms with Crippen LogP contribution >= 0.6 is 11.6 Å². The number of rotatable bonds is 3. The Morgan fingerprint density at radius 2 is 1.79 bits per heavy atom. The zero-order valence-electron chi connectivity index (χ0n) is 10.3. The summed E-state index contributed by atoms with van der Waals surface area (Å²) in [5.41, 5.74) is 3.13. The van der Waals surface area contributed by atoms with Crippen LogP contribution in [0.15, 0.2) is 60.8 Å². The highest BCUT2D eigenvalue weighted by Crippen LogP contribution is 2.28. The molecule has 2 nitrogen and oxygen atoms in total. The molecular formula is C16H13ClN2. The number of hydrogen-bond acceptors (Lipinski definition) is 2. The summed E-state index contributed by atoms with van der Waals surface area (Å²) in [4.78, 5) is 4.32. The van der Waals surface area contributed by atoms with E-state index in [-0.39, 0.29) is 0 Å². The lowest BCUT2D eigenvalue weighted by Gasteiger charge is -2.10. The summed E-state index contributed by atoms with van der Waals surface area (Å²) in [5, 5.41) is 5.16. The first-order valence-corrected chi connectivity index (χ1v) is 6.53. The third-order valence-electron chi connectivity index (χ3n) is 3.05. The van der Waals surface area contributed by atoms with Gasteiger partial charge in [-0.2, -0.15) is 0 Å². The Kier molecular flexibility index (Phi) is 3.34. The largest absolute Gasteiger partial charge is 0.380 e. The summed E-state index contributed by atoms with van der Waals surface area (Å²) in [6.07, 6.45) is 1.76. The number of fused-ring (bicyclic) bond motifs is 1. The van der Waals surface area contributed by atoms with Crippen molar-refractivity contribution in [3.63, 3.8) is 0 Å². The van der Waals surface area contributed by atoms with E-state index in [1.807, 2.05) is 42.5 Å². The van der Waals surface area contributed by atoms with Crippen LogP contribution < -0.4 is 5.32 Å². The Morgan fingerprint density at radius 3 is 2.63 bits per heavy atom. The van der Waals surface area contributed by atoms with Crippen LogP contribution in [0.25, 0.3) is 10.9 Å². The summed E-state index contributed by atoms with van der Waals surface area (Å²) >= 11 is 6.16. The minimum absolute atomic E-state index is 0.681. The van der Waals surface area contributed by atoms with Crippen LogP contribution in [0.5, 0.6) is 0 Å². The predicted molar refractivity (Wildman–Crippen MR) is 80.5 cm³/mol. The van der Waals surface area contributed by atoms with Gasteiger partial charge in [0.25, 0.3) is 0 Å². The second-order valence-electron chi connectivity index (χ2n) is 4.33. The topological polar surface area (TPSA) is 24.9 Å². The van der Waals surface area contributed by atoms with Crippen LogP contribution in [0, 0.1) is 0 Å². The minimum atomic E-state index is 0.681. The fraction of sp³-hybridized carbons (Fsp3) is 0.0625. The van der Waals surface area contributed by atoms with Gasteiger partial charge in [-0.1, -0.05) is 41.9 Å². The van der Waals surface area contributed by atoms with Gasteiger partial charge in [-0.3, -0.25) is 4.98 Å². The monoisotopic (exact) mass is 268 g/mol. The molecule has 94 valence electrons. The Balaban J connectivity index is 1.91. The molecule has 0 saturated carbocycles. The Hall–Kier alpha value is -2.06. The Bertz CT molecular complexity index is 695. The fourth-order valence-corrected chi connectivity index (χ4v) is 2.30. The van der Waals surface area contributed by atoms with Crippen molar-refractivity contribution in [1.82, 2.24) is 4.98 Å². The molecule has 0 saturated heterocycles. The minimum Gasteiger partial charge on any atom is -0.380 e. The van der Waals surface area contributed by atoms with Gasteiger partial charge >= 0.3 is 0 Å². The van der Waals surface area contributed by atoms with Gasteiger partial charge in [-0.15, -0.1) is 0 Å². The van der Waals surface area contributed by atoms with Crippen molar-refractivity contribution in [1.29, 1.82) is 0 Å². The molecule has 0 amide bonds. The molecule has 3 aromatic rings. The summed E-state index contributed by atoms with van der Waals surface area (Å²) < 4.78 is 0. The standard InChI is InChI=1S/C16H13ClN2/c17-14-8-9-15(13-7-4-10-18-16(13)14)19-11-12-5-2-1-3-6-12/h1-10,19H,11H2. The van der Waals surface area contributed by atoms with Crippen molar-refractivity contribution in [3.05, 3.63) is 71.4 Å². The SMILES string of the molecule is Clc1ccc(NCc2ccccc2)c2cccnc12. The first kappa shape index (κ1) is 12.0. The quantitative estimate of drug-likeness (QED) is 0.756. The maximum Gasteiger partial charge on any atom is 0.0908 e. The van der Waals surface area contributed by atoms with Crippen LogP contribution in [0.4, 0.5) is 5.69 Å². The number of anilines is 1. The van der Waals surface area contributed by atoms with Crippen LogP contribution in [0.2, 0.25) is 5.02 Å². The average molecular weight is 269 g/mol. The molecule has 0 aliphatic heterocycles. The van der Waals surface area contributed by atoms with E-state index < -0.39 is 0 Å². The molecule has 0 aliphatic carbocycles. The zero-order chi connectivity index (χ0) is 13.1. The number of benzene rings is 2. The molecule has 19 heavy (non-hydrogen) atoms. The van der Waals surface area contributed by atoms with E-state index in [1.54, 1.807) is 6.20 Å². The highest BCUT2D eigenvalue weighted by molar-refractivity contribution is 6.35. The van der Waals surface area contributed by atoms with Gasteiger partial charge in [-0.05, 0) is 29.8 Å². The number of halogens is 1. The third kappa shape index (κ3) is 2.54. The molecule has 0 spiro atoms. The van der Waals surface area contributed by atoms with E-state index in [4.69, 9.17) is 11.6 Å². The first-order chi connectivity index (χ1) is 9.34. The van der Waals surface area contributed by atoms with Gasteiger partial charge in [-0.25, -0.2) is 0 Å². The van der Waals surface area contributed by atoms with Crippen molar-refractivity contribution in [2.45, 2.75) is 6.54 Å². The van der Waals surface area contributed by atoms with E-state index in [0.717, 1.165) is 23.1 Å². The first-order valence-electron chi connectivity index (χ1n) is 6.15. The summed E-state index contributed by atoms with van der Waals surface area (Å²) in [7, 11) is 0. The van der Waals surface area contributed by atoms with Gasteiger partial charge < -0.3 is 5.32 Å². The van der Waals surface area contributed by atoms with Gasteiger partial charge in [0.05, 0.1) is 10.5 Å². The predicted octanol–water partition coefficient (Wildman–Crippen LogP) is 4.50. The molecule has 1 N–H and O–H groups in total.